The van der Waals surface area contributed by atoms with Gasteiger partial charge in [0.05, 0.1) is 16.1 Å². The molecule has 2 heterocycles. The highest BCUT2D eigenvalue weighted by atomic mass is 35.5. The lowest BCUT2D eigenvalue weighted by molar-refractivity contribution is 0.296. The molecule has 0 atom stereocenters. The van der Waals surface area contributed by atoms with E-state index in [0.717, 1.165) is 40.1 Å². The SMILES string of the molecule is Clc1ccccc1N=Cc1ccc(OCc2nc(Cl)c3c4c(sc3n2)CCCC4)cc1. The van der Waals surface area contributed by atoms with Gasteiger partial charge in [-0.25, -0.2) is 9.97 Å². The van der Waals surface area contributed by atoms with Crippen LogP contribution in [0, 0.1) is 0 Å². The van der Waals surface area contributed by atoms with Gasteiger partial charge in [-0.3, -0.25) is 4.99 Å². The Hall–Kier alpha value is -2.47. The van der Waals surface area contributed by atoms with E-state index in [2.05, 4.69) is 9.98 Å². The third-order valence-electron chi connectivity index (χ3n) is 5.27. The number of halogens is 2. The number of benzene rings is 2. The van der Waals surface area contributed by atoms with Crippen molar-refractivity contribution in [2.24, 2.45) is 4.99 Å². The maximum Gasteiger partial charge on any atom is 0.169 e. The molecule has 156 valence electrons. The van der Waals surface area contributed by atoms with Gasteiger partial charge in [0.15, 0.2) is 5.82 Å². The maximum absolute atomic E-state index is 6.52. The normalized spacial score (nSPS) is 13.6. The van der Waals surface area contributed by atoms with Crippen molar-refractivity contribution in [1.29, 1.82) is 0 Å². The molecule has 0 spiro atoms. The molecule has 0 saturated heterocycles. The van der Waals surface area contributed by atoms with E-state index in [4.69, 9.17) is 32.9 Å². The fraction of sp³-hybridized carbons (Fsp3) is 0.208. The van der Waals surface area contributed by atoms with E-state index < -0.39 is 0 Å². The summed E-state index contributed by atoms with van der Waals surface area (Å²) in [5.74, 6) is 1.33. The maximum atomic E-state index is 6.52. The molecule has 4 nitrogen and oxygen atoms in total. The molecule has 0 saturated carbocycles. The highest BCUT2D eigenvalue weighted by Gasteiger charge is 2.20. The summed E-state index contributed by atoms with van der Waals surface area (Å²) in [6, 6.07) is 15.2. The van der Waals surface area contributed by atoms with Crippen molar-refractivity contribution >= 4 is 56.7 Å². The number of fused-ring (bicyclic) bond motifs is 3. The van der Waals surface area contributed by atoms with Crippen LogP contribution in [0.2, 0.25) is 10.2 Å². The summed E-state index contributed by atoms with van der Waals surface area (Å²) in [4.78, 5) is 16.0. The predicted molar refractivity (Wildman–Crippen MR) is 129 cm³/mol. The van der Waals surface area contributed by atoms with Crippen LogP contribution in [0.3, 0.4) is 0 Å². The molecule has 0 radical (unpaired) electrons. The second kappa shape index (κ2) is 8.95. The first kappa shape index (κ1) is 20.4. The van der Waals surface area contributed by atoms with Gasteiger partial charge in [0.2, 0.25) is 0 Å². The Bertz CT molecular complexity index is 1270. The molecule has 0 unspecified atom stereocenters. The molecule has 1 aliphatic rings. The Morgan fingerprint density at radius 1 is 1.00 bits per heavy atom. The molecule has 2 aromatic heterocycles. The highest BCUT2D eigenvalue weighted by molar-refractivity contribution is 7.19. The lowest BCUT2D eigenvalue weighted by Crippen LogP contribution is -2.03. The zero-order valence-corrected chi connectivity index (χ0v) is 19.0. The summed E-state index contributed by atoms with van der Waals surface area (Å²) in [7, 11) is 0. The number of para-hydroxylation sites is 1. The summed E-state index contributed by atoms with van der Waals surface area (Å²) in [5.41, 5.74) is 3.04. The summed E-state index contributed by atoms with van der Waals surface area (Å²) >= 11 is 14.4. The Labute approximate surface area is 194 Å². The van der Waals surface area contributed by atoms with E-state index in [0.29, 0.717) is 16.0 Å². The first-order valence-corrected chi connectivity index (χ1v) is 11.7. The lowest BCUT2D eigenvalue weighted by atomic mass is 9.97. The standard InChI is InChI=1S/C24H19Cl2N3OS/c25-18-6-2-3-7-19(18)27-13-15-9-11-16(12-10-15)30-14-21-28-23(26)22-17-5-1-4-8-20(17)31-24(22)29-21/h2-3,6-7,9-13H,1,4-5,8,14H2. The Balaban J connectivity index is 1.28. The van der Waals surface area contributed by atoms with Gasteiger partial charge in [-0.15, -0.1) is 11.3 Å². The van der Waals surface area contributed by atoms with Gasteiger partial charge in [0.1, 0.15) is 22.3 Å². The third kappa shape index (κ3) is 4.45. The quantitative estimate of drug-likeness (QED) is 0.230. The average Bonchev–Trinajstić information content (AvgIpc) is 3.17. The molecule has 0 amide bonds. The van der Waals surface area contributed by atoms with Crippen LogP contribution >= 0.6 is 34.5 Å². The molecule has 31 heavy (non-hydrogen) atoms. The van der Waals surface area contributed by atoms with E-state index in [1.807, 2.05) is 48.5 Å². The van der Waals surface area contributed by atoms with E-state index in [-0.39, 0.29) is 6.61 Å². The van der Waals surface area contributed by atoms with E-state index >= 15 is 0 Å². The smallest absolute Gasteiger partial charge is 0.169 e. The van der Waals surface area contributed by atoms with Crippen molar-refractivity contribution in [3.8, 4) is 5.75 Å². The van der Waals surface area contributed by atoms with Crippen LogP contribution in [0.15, 0.2) is 53.5 Å². The van der Waals surface area contributed by atoms with Gasteiger partial charge in [0.25, 0.3) is 0 Å². The van der Waals surface area contributed by atoms with Crippen LogP contribution in [0.5, 0.6) is 5.75 Å². The van der Waals surface area contributed by atoms with Crippen LogP contribution in [-0.4, -0.2) is 16.2 Å². The van der Waals surface area contributed by atoms with Crippen molar-refractivity contribution in [2.75, 3.05) is 0 Å². The second-order valence-corrected chi connectivity index (χ2v) is 9.24. The monoisotopic (exact) mass is 467 g/mol. The van der Waals surface area contributed by atoms with Crippen LogP contribution in [0.4, 0.5) is 5.69 Å². The summed E-state index contributed by atoms with van der Waals surface area (Å²) < 4.78 is 5.89. The molecule has 1 aliphatic carbocycles. The number of rotatable bonds is 5. The van der Waals surface area contributed by atoms with Gasteiger partial charge in [-0.2, -0.15) is 0 Å². The van der Waals surface area contributed by atoms with E-state index in [1.165, 1.54) is 23.3 Å². The number of hydrogen-bond donors (Lipinski definition) is 0. The molecule has 4 aromatic rings. The van der Waals surface area contributed by atoms with Crippen molar-refractivity contribution in [1.82, 2.24) is 9.97 Å². The Kier molecular flexibility index (Phi) is 5.90. The van der Waals surface area contributed by atoms with Crippen LogP contribution in [0.25, 0.3) is 10.2 Å². The fourth-order valence-corrected chi connectivity index (χ4v) is 5.54. The molecule has 5 rings (SSSR count). The topological polar surface area (TPSA) is 47.4 Å². The first-order valence-electron chi connectivity index (χ1n) is 10.2. The average molecular weight is 468 g/mol. The Morgan fingerprint density at radius 3 is 2.65 bits per heavy atom. The number of aliphatic imine (C=N–C) groups is 1. The van der Waals surface area contributed by atoms with Gasteiger partial charge in [-0.1, -0.05) is 35.3 Å². The van der Waals surface area contributed by atoms with E-state index in [9.17, 15) is 0 Å². The van der Waals surface area contributed by atoms with Crippen molar-refractivity contribution in [3.05, 3.63) is 80.5 Å². The first-order chi connectivity index (χ1) is 15.2. The number of ether oxygens (including phenoxy) is 1. The number of aryl methyl sites for hydroxylation is 2. The van der Waals surface area contributed by atoms with Crippen LogP contribution < -0.4 is 4.74 Å². The zero-order valence-electron chi connectivity index (χ0n) is 16.6. The molecule has 0 aliphatic heterocycles. The second-order valence-electron chi connectivity index (χ2n) is 7.39. The minimum atomic E-state index is 0.269. The molecular weight excluding hydrogens is 449 g/mol. The third-order valence-corrected chi connectivity index (χ3v) is 7.05. The lowest BCUT2D eigenvalue weighted by Gasteiger charge is -2.10. The van der Waals surface area contributed by atoms with Crippen molar-refractivity contribution in [3.63, 3.8) is 0 Å². The number of nitrogens with zero attached hydrogens (tertiary/aromatic N) is 3. The zero-order chi connectivity index (χ0) is 21.2. The fourth-order valence-electron chi connectivity index (χ4n) is 3.72. The van der Waals surface area contributed by atoms with Crippen molar-refractivity contribution in [2.45, 2.75) is 32.3 Å². The molecule has 0 fully saturated rings. The number of hydrogen-bond acceptors (Lipinski definition) is 5. The highest BCUT2D eigenvalue weighted by Crippen LogP contribution is 2.38. The van der Waals surface area contributed by atoms with Crippen LogP contribution in [0.1, 0.15) is 34.7 Å². The molecule has 0 N–H and O–H groups in total. The van der Waals surface area contributed by atoms with Crippen molar-refractivity contribution < 1.29 is 4.74 Å². The van der Waals surface area contributed by atoms with Gasteiger partial charge < -0.3 is 4.74 Å². The molecule has 0 bridgehead atoms. The van der Waals surface area contributed by atoms with Gasteiger partial charge >= 0.3 is 0 Å². The summed E-state index contributed by atoms with van der Waals surface area (Å²) in [5, 5.41) is 2.20. The summed E-state index contributed by atoms with van der Waals surface area (Å²) in [6.45, 7) is 0.269. The largest absolute Gasteiger partial charge is 0.486 e. The molecular formula is C24H19Cl2N3OS. The predicted octanol–water partition coefficient (Wildman–Crippen LogP) is 7.21. The minimum Gasteiger partial charge on any atom is -0.486 e. The van der Waals surface area contributed by atoms with Gasteiger partial charge in [0, 0.05) is 11.1 Å². The number of thiophene rings is 1. The minimum absolute atomic E-state index is 0.269. The summed E-state index contributed by atoms with van der Waals surface area (Å²) in [6.07, 6.45) is 6.41. The van der Waals surface area contributed by atoms with E-state index in [1.54, 1.807) is 17.6 Å². The Morgan fingerprint density at radius 2 is 1.81 bits per heavy atom. The van der Waals surface area contributed by atoms with Crippen LogP contribution in [-0.2, 0) is 19.4 Å². The van der Waals surface area contributed by atoms with Gasteiger partial charge in [-0.05, 0) is 73.2 Å². The molecule has 2 aromatic carbocycles. The number of aromatic nitrogens is 2. The molecule has 7 heteroatoms.